The molecular weight excluding hydrogens is 280 g/mol. The Balaban J connectivity index is 3.16. The van der Waals surface area contributed by atoms with Gasteiger partial charge in [0.25, 0.3) is 0 Å². The summed E-state index contributed by atoms with van der Waals surface area (Å²) in [6.45, 7) is 3.53. The third-order valence-electron chi connectivity index (χ3n) is 1.26. The monoisotopic (exact) mass is 284 g/mol. The van der Waals surface area contributed by atoms with E-state index in [1.54, 1.807) is 6.08 Å². The molecule has 12 heavy (non-hydrogen) atoms. The zero-order valence-electron chi connectivity index (χ0n) is 6.27. The summed E-state index contributed by atoms with van der Waals surface area (Å²) in [7, 11) is 0. The maximum Gasteiger partial charge on any atom is 0.0474 e. The Morgan fingerprint density at radius 2 is 2.08 bits per heavy atom. The van der Waals surface area contributed by atoms with Gasteiger partial charge < -0.3 is 0 Å². The lowest BCUT2D eigenvalue weighted by Crippen LogP contribution is -1.77. The zero-order valence-corrected chi connectivity index (χ0v) is 9.44. The average Bonchev–Trinajstić information content (AvgIpc) is 2.08. The summed E-state index contributed by atoms with van der Waals surface area (Å²) in [6, 6.07) is 5.86. The molecular formula is C10H6Br2. The van der Waals surface area contributed by atoms with Gasteiger partial charge in [-0.25, -0.2) is 0 Å². The second-order valence-corrected chi connectivity index (χ2v) is 3.72. The van der Waals surface area contributed by atoms with Gasteiger partial charge in [-0.2, -0.15) is 0 Å². The number of halogens is 2. The predicted octanol–water partition coefficient (Wildman–Crippen LogP) is 3.75. The molecule has 0 nitrogen and oxygen atoms in total. The number of allylic oxidation sites excluding steroid dienone is 1. The summed E-state index contributed by atoms with van der Waals surface area (Å²) in [4.78, 5) is 0. The van der Waals surface area contributed by atoms with E-state index in [1.807, 2.05) is 18.2 Å². The third-order valence-corrected chi connectivity index (χ3v) is 3.31. The van der Waals surface area contributed by atoms with Crippen molar-refractivity contribution in [3.63, 3.8) is 0 Å². The fourth-order valence-electron chi connectivity index (χ4n) is 0.729. The van der Waals surface area contributed by atoms with E-state index in [9.17, 15) is 0 Å². The van der Waals surface area contributed by atoms with Crippen LogP contribution in [0.25, 0.3) is 0 Å². The number of hydrogen-bond donors (Lipinski definition) is 0. The molecule has 0 saturated heterocycles. The first kappa shape index (κ1) is 9.57. The van der Waals surface area contributed by atoms with Crippen molar-refractivity contribution in [2.75, 3.05) is 0 Å². The van der Waals surface area contributed by atoms with Crippen molar-refractivity contribution in [3.8, 4) is 11.8 Å². The lowest BCUT2D eigenvalue weighted by Gasteiger charge is -1.97. The topological polar surface area (TPSA) is 0 Å². The number of hydrogen-bond acceptors (Lipinski definition) is 0. The molecule has 60 valence electrons. The molecule has 0 spiro atoms. The Bertz CT molecular complexity index is 356. The Hall–Kier alpha value is -0.520. The van der Waals surface area contributed by atoms with Gasteiger partial charge in [0.15, 0.2) is 0 Å². The van der Waals surface area contributed by atoms with Crippen LogP contribution in [0.5, 0.6) is 0 Å². The minimum atomic E-state index is 0.962. The lowest BCUT2D eigenvalue weighted by molar-refractivity contribution is 1.54. The molecule has 0 bridgehead atoms. The number of benzene rings is 1. The Morgan fingerprint density at radius 3 is 2.75 bits per heavy atom. The predicted molar refractivity (Wildman–Crippen MR) is 58.9 cm³/mol. The second kappa shape index (κ2) is 4.49. The van der Waals surface area contributed by atoms with Crippen molar-refractivity contribution >= 4 is 31.9 Å². The second-order valence-electron chi connectivity index (χ2n) is 2.07. The van der Waals surface area contributed by atoms with Crippen LogP contribution in [0.4, 0.5) is 0 Å². The molecule has 0 aliphatic rings. The van der Waals surface area contributed by atoms with Gasteiger partial charge in [-0.3, -0.25) is 0 Å². The van der Waals surface area contributed by atoms with Crippen molar-refractivity contribution < 1.29 is 0 Å². The molecule has 0 N–H and O–H groups in total. The quantitative estimate of drug-likeness (QED) is 0.637. The van der Waals surface area contributed by atoms with Crippen molar-refractivity contribution in [1.29, 1.82) is 0 Å². The van der Waals surface area contributed by atoms with Gasteiger partial charge in [0, 0.05) is 14.5 Å². The summed E-state index contributed by atoms with van der Waals surface area (Å²) >= 11 is 6.82. The van der Waals surface area contributed by atoms with Gasteiger partial charge in [-0.15, -0.1) is 0 Å². The highest BCUT2D eigenvalue weighted by Crippen LogP contribution is 2.25. The van der Waals surface area contributed by atoms with Crippen molar-refractivity contribution in [1.82, 2.24) is 0 Å². The summed E-state index contributed by atoms with van der Waals surface area (Å²) in [5, 5.41) is 0. The summed E-state index contributed by atoms with van der Waals surface area (Å²) in [5.41, 5.74) is 0.962. The van der Waals surface area contributed by atoms with E-state index in [-0.39, 0.29) is 0 Å². The van der Waals surface area contributed by atoms with Crippen LogP contribution in [0, 0.1) is 11.8 Å². The standard InChI is InChI=1S/C10H6Br2/c1-2-3-5-8-6-4-7-9(11)10(8)12/h2,4,6-7H,1H2. The maximum absolute atomic E-state index is 3.53. The third kappa shape index (κ3) is 2.23. The van der Waals surface area contributed by atoms with Crippen molar-refractivity contribution in [2.24, 2.45) is 0 Å². The first-order valence-electron chi connectivity index (χ1n) is 3.32. The highest BCUT2D eigenvalue weighted by atomic mass is 79.9. The van der Waals surface area contributed by atoms with Crippen LogP contribution in [0.15, 0.2) is 39.8 Å². The molecule has 1 rings (SSSR count). The first-order valence-corrected chi connectivity index (χ1v) is 4.90. The van der Waals surface area contributed by atoms with Crippen LogP contribution in [-0.2, 0) is 0 Å². The summed E-state index contributed by atoms with van der Waals surface area (Å²) in [5.74, 6) is 5.75. The largest absolute Gasteiger partial charge is 0.0906 e. The van der Waals surface area contributed by atoms with Crippen LogP contribution in [0.3, 0.4) is 0 Å². The molecule has 0 heterocycles. The van der Waals surface area contributed by atoms with Crippen LogP contribution in [-0.4, -0.2) is 0 Å². The summed E-state index contributed by atoms with van der Waals surface area (Å²) in [6.07, 6.45) is 1.58. The van der Waals surface area contributed by atoms with Crippen LogP contribution >= 0.6 is 31.9 Å². The molecule has 0 radical (unpaired) electrons. The van der Waals surface area contributed by atoms with Gasteiger partial charge in [0.1, 0.15) is 0 Å². The molecule has 0 aliphatic heterocycles. The van der Waals surface area contributed by atoms with Gasteiger partial charge in [-0.05, 0) is 50.1 Å². The van der Waals surface area contributed by atoms with Crippen LogP contribution in [0.2, 0.25) is 0 Å². The van der Waals surface area contributed by atoms with E-state index in [2.05, 4.69) is 50.3 Å². The fourth-order valence-corrected chi connectivity index (χ4v) is 1.46. The van der Waals surface area contributed by atoms with Crippen molar-refractivity contribution in [3.05, 3.63) is 45.4 Å². The van der Waals surface area contributed by atoms with Gasteiger partial charge in [-0.1, -0.05) is 24.5 Å². The Kier molecular flexibility index (Phi) is 3.58. The Labute approximate surface area is 88.9 Å². The molecule has 1 aromatic carbocycles. The summed E-state index contributed by atoms with van der Waals surface area (Å²) < 4.78 is 2.00. The van der Waals surface area contributed by atoms with Gasteiger partial charge in [0.05, 0.1) is 0 Å². The van der Waals surface area contributed by atoms with E-state index in [1.165, 1.54) is 0 Å². The molecule has 0 atom stereocenters. The fraction of sp³-hybridized carbons (Fsp3) is 0. The lowest BCUT2D eigenvalue weighted by atomic mass is 10.2. The number of rotatable bonds is 0. The van der Waals surface area contributed by atoms with E-state index < -0.39 is 0 Å². The van der Waals surface area contributed by atoms with E-state index in [4.69, 9.17) is 0 Å². The zero-order chi connectivity index (χ0) is 8.97. The van der Waals surface area contributed by atoms with E-state index in [0.717, 1.165) is 14.5 Å². The maximum atomic E-state index is 3.53. The molecule has 0 aromatic heterocycles. The molecule has 0 unspecified atom stereocenters. The molecule has 1 aromatic rings. The average molecular weight is 286 g/mol. The SMILES string of the molecule is C=CC#Cc1cccc(Br)c1Br. The molecule has 0 fully saturated rings. The van der Waals surface area contributed by atoms with Gasteiger partial charge >= 0.3 is 0 Å². The smallest absolute Gasteiger partial charge is 0.0474 e. The van der Waals surface area contributed by atoms with E-state index >= 15 is 0 Å². The normalized spacial score (nSPS) is 8.50. The highest BCUT2D eigenvalue weighted by Gasteiger charge is 1.98. The first-order chi connectivity index (χ1) is 5.75. The molecule has 0 saturated carbocycles. The van der Waals surface area contributed by atoms with Gasteiger partial charge in [0.2, 0.25) is 0 Å². The molecule has 0 amide bonds. The highest BCUT2D eigenvalue weighted by molar-refractivity contribution is 9.13. The van der Waals surface area contributed by atoms with E-state index in [0.29, 0.717) is 0 Å². The molecule has 2 heteroatoms. The minimum Gasteiger partial charge on any atom is -0.0906 e. The minimum absolute atomic E-state index is 0.962. The molecule has 0 aliphatic carbocycles. The Morgan fingerprint density at radius 1 is 1.33 bits per heavy atom. The van der Waals surface area contributed by atoms with Crippen molar-refractivity contribution in [2.45, 2.75) is 0 Å². The van der Waals surface area contributed by atoms with Crippen LogP contribution in [0.1, 0.15) is 5.56 Å². The van der Waals surface area contributed by atoms with Crippen LogP contribution < -0.4 is 0 Å².